The second-order valence-corrected chi connectivity index (χ2v) is 3.11. The van der Waals surface area contributed by atoms with Crippen LogP contribution in [-0.2, 0) is 14.4 Å². The number of carboxylic acid groups (broad SMARTS) is 2. The maximum Gasteiger partial charge on any atom is 0.326 e. The minimum absolute atomic E-state index is 0.261. The molecule has 0 aromatic rings. The first-order chi connectivity index (χ1) is 6.82. The van der Waals surface area contributed by atoms with E-state index in [4.69, 9.17) is 15.3 Å². The summed E-state index contributed by atoms with van der Waals surface area (Å²) in [5.74, 6) is -3.44. The van der Waals surface area contributed by atoms with Crippen LogP contribution in [0, 0.1) is 0 Å². The maximum atomic E-state index is 11.0. The Morgan fingerprint density at radius 1 is 1.20 bits per heavy atom. The monoisotopic (exact) mass is 219 g/mol. The van der Waals surface area contributed by atoms with Crippen molar-refractivity contribution < 1.29 is 29.7 Å². The van der Waals surface area contributed by atoms with E-state index in [1.807, 2.05) is 5.32 Å². The number of carboxylic acids is 2. The number of rotatable bonds is 6. The Labute approximate surface area is 85.7 Å². The average Bonchev–Trinajstić information content (AvgIpc) is 1.99. The molecule has 0 saturated heterocycles. The lowest BCUT2D eigenvalue weighted by Crippen LogP contribution is -2.43. The highest BCUT2D eigenvalue weighted by atomic mass is 16.4. The first-order valence-electron chi connectivity index (χ1n) is 4.25. The van der Waals surface area contributed by atoms with Crippen LogP contribution >= 0.6 is 0 Å². The number of aliphatic hydroxyl groups is 1. The standard InChI is InChI=1S/C8H13NO6/c1-4(10)2-6(11)9-5(8(14)15)3-7(12)13/h4-5,10H,2-3H2,1H3,(H,9,11)(H,12,13)(H,14,15). The van der Waals surface area contributed by atoms with Crippen molar-refractivity contribution in [3.05, 3.63) is 0 Å². The molecule has 0 rings (SSSR count). The summed E-state index contributed by atoms with van der Waals surface area (Å²) >= 11 is 0. The van der Waals surface area contributed by atoms with Crippen LogP contribution in [0.5, 0.6) is 0 Å². The van der Waals surface area contributed by atoms with Crippen LogP contribution in [0.2, 0.25) is 0 Å². The van der Waals surface area contributed by atoms with E-state index in [-0.39, 0.29) is 6.42 Å². The van der Waals surface area contributed by atoms with Crippen LogP contribution < -0.4 is 5.32 Å². The van der Waals surface area contributed by atoms with E-state index in [0.29, 0.717) is 0 Å². The summed E-state index contributed by atoms with van der Waals surface area (Å²) in [7, 11) is 0. The minimum Gasteiger partial charge on any atom is -0.481 e. The van der Waals surface area contributed by atoms with E-state index in [9.17, 15) is 14.4 Å². The summed E-state index contributed by atoms with van der Waals surface area (Å²) in [6.45, 7) is 1.37. The third-order valence-corrected chi connectivity index (χ3v) is 1.49. The molecule has 2 atom stereocenters. The summed E-state index contributed by atoms with van der Waals surface area (Å²) in [5.41, 5.74) is 0. The zero-order valence-corrected chi connectivity index (χ0v) is 8.14. The first kappa shape index (κ1) is 13.4. The van der Waals surface area contributed by atoms with Gasteiger partial charge in [-0.2, -0.15) is 0 Å². The molecule has 1 amide bonds. The van der Waals surface area contributed by atoms with Crippen LogP contribution in [0.1, 0.15) is 19.8 Å². The molecular weight excluding hydrogens is 206 g/mol. The SMILES string of the molecule is CC(O)CC(=O)NC(CC(=O)O)C(=O)O. The van der Waals surface area contributed by atoms with Gasteiger partial charge in [0, 0.05) is 0 Å². The zero-order chi connectivity index (χ0) is 12.0. The molecular formula is C8H13NO6. The average molecular weight is 219 g/mol. The molecule has 2 unspecified atom stereocenters. The van der Waals surface area contributed by atoms with Crippen molar-refractivity contribution in [1.82, 2.24) is 5.32 Å². The largest absolute Gasteiger partial charge is 0.481 e. The van der Waals surface area contributed by atoms with Gasteiger partial charge in [-0.05, 0) is 6.92 Å². The van der Waals surface area contributed by atoms with Crippen molar-refractivity contribution in [3.63, 3.8) is 0 Å². The Hall–Kier alpha value is -1.63. The Bertz CT molecular complexity index is 262. The molecule has 0 saturated carbocycles. The molecule has 0 aromatic heterocycles. The van der Waals surface area contributed by atoms with Gasteiger partial charge in [-0.15, -0.1) is 0 Å². The third kappa shape index (κ3) is 6.44. The molecule has 4 N–H and O–H groups in total. The van der Waals surface area contributed by atoms with Gasteiger partial charge in [-0.25, -0.2) is 4.79 Å². The molecule has 7 nitrogen and oxygen atoms in total. The number of hydrogen-bond donors (Lipinski definition) is 4. The molecule has 0 heterocycles. The number of hydrogen-bond acceptors (Lipinski definition) is 4. The Balaban J connectivity index is 4.22. The lowest BCUT2D eigenvalue weighted by molar-refractivity contribution is -0.147. The third-order valence-electron chi connectivity index (χ3n) is 1.49. The van der Waals surface area contributed by atoms with Gasteiger partial charge < -0.3 is 20.6 Å². The fourth-order valence-corrected chi connectivity index (χ4v) is 0.896. The van der Waals surface area contributed by atoms with E-state index in [1.54, 1.807) is 0 Å². The van der Waals surface area contributed by atoms with Crippen LogP contribution in [-0.4, -0.2) is 45.3 Å². The van der Waals surface area contributed by atoms with Crippen molar-refractivity contribution >= 4 is 17.8 Å². The number of aliphatic carboxylic acids is 2. The second kappa shape index (κ2) is 5.97. The first-order valence-corrected chi connectivity index (χ1v) is 4.25. The number of carbonyl (C=O) groups is 3. The number of carbonyl (C=O) groups excluding carboxylic acids is 1. The van der Waals surface area contributed by atoms with E-state index < -0.39 is 36.4 Å². The second-order valence-electron chi connectivity index (χ2n) is 3.11. The molecule has 0 aliphatic heterocycles. The highest BCUT2D eigenvalue weighted by Gasteiger charge is 2.23. The molecule has 0 aliphatic rings. The predicted molar refractivity (Wildman–Crippen MR) is 48.1 cm³/mol. The molecule has 0 spiro atoms. The fraction of sp³-hybridized carbons (Fsp3) is 0.625. The predicted octanol–water partition coefficient (Wildman–Crippen LogP) is -1.20. The van der Waals surface area contributed by atoms with Gasteiger partial charge in [0.15, 0.2) is 0 Å². The molecule has 86 valence electrons. The molecule has 7 heteroatoms. The number of nitrogens with one attached hydrogen (secondary N) is 1. The molecule has 15 heavy (non-hydrogen) atoms. The van der Waals surface area contributed by atoms with Crippen LogP contribution in [0.25, 0.3) is 0 Å². The molecule has 0 aliphatic carbocycles. The van der Waals surface area contributed by atoms with Crippen molar-refractivity contribution in [2.75, 3.05) is 0 Å². The van der Waals surface area contributed by atoms with Gasteiger partial charge >= 0.3 is 11.9 Å². The smallest absolute Gasteiger partial charge is 0.326 e. The van der Waals surface area contributed by atoms with Crippen LogP contribution in [0.3, 0.4) is 0 Å². The van der Waals surface area contributed by atoms with Gasteiger partial charge in [0.2, 0.25) is 5.91 Å². The van der Waals surface area contributed by atoms with Crippen molar-refractivity contribution in [1.29, 1.82) is 0 Å². The summed E-state index contributed by atoms with van der Waals surface area (Å²) in [4.78, 5) is 31.8. The van der Waals surface area contributed by atoms with Crippen LogP contribution in [0.4, 0.5) is 0 Å². The van der Waals surface area contributed by atoms with Crippen molar-refractivity contribution in [2.45, 2.75) is 31.9 Å². The van der Waals surface area contributed by atoms with Crippen LogP contribution in [0.15, 0.2) is 0 Å². The van der Waals surface area contributed by atoms with E-state index >= 15 is 0 Å². The van der Waals surface area contributed by atoms with E-state index in [1.165, 1.54) is 6.92 Å². The lowest BCUT2D eigenvalue weighted by atomic mass is 10.2. The topological polar surface area (TPSA) is 124 Å². The van der Waals surface area contributed by atoms with Crippen molar-refractivity contribution in [2.24, 2.45) is 0 Å². The van der Waals surface area contributed by atoms with Gasteiger partial charge in [0.05, 0.1) is 18.9 Å². The normalized spacial score (nSPS) is 14.0. The highest BCUT2D eigenvalue weighted by Crippen LogP contribution is 1.96. The van der Waals surface area contributed by atoms with Gasteiger partial charge in [0.1, 0.15) is 6.04 Å². The van der Waals surface area contributed by atoms with Gasteiger partial charge in [0.25, 0.3) is 0 Å². The fourth-order valence-electron chi connectivity index (χ4n) is 0.896. The molecule has 0 aromatic carbocycles. The summed E-state index contributed by atoms with van der Waals surface area (Å²) in [5, 5.41) is 27.8. The number of amides is 1. The quantitative estimate of drug-likeness (QED) is 0.445. The Morgan fingerprint density at radius 3 is 2.07 bits per heavy atom. The molecule has 0 bridgehead atoms. The van der Waals surface area contributed by atoms with Gasteiger partial charge in [-0.3, -0.25) is 9.59 Å². The molecule has 0 radical (unpaired) electrons. The highest BCUT2D eigenvalue weighted by molar-refractivity contribution is 5.86. The number of aliphatic hydroxyl groups excluding tert-OH is 1. The summed E-state index contributed by atoms with van der Waals surface area (Å²) in [6.07, 6.45) is -1.85. The Kier molecular flexibility index (Phi) is 5.32. The van der Waals surface area contributed by atoms with Gasteiger partial charge in [-0.1, -0.05) is 0 Å². The molecule has 0 fully saturated rings. The minimum atomic E-state index is -1.46. The van der Waals surface area contributed by atoms with E-state index in [2.05, 4.69) is 0 Å². The summed E-state index contributed by atoms with van der Waals surface area (Å²) < 4.78 is 0. The Morgan fingerprint density at radius 2 is 1.73 bits per heavy atom. The van der Waals surface area contributed by atoms with E-state index in [0.717, 1.165) is 0 Å². The van der Waals surface area contributed by atoms with Crippen molar-refractivity contribution in [3.8, 4) is 0 Å². The maximum absolute atomic E-state index is 11.0. The summed E-state index contributed by atoms with van der Waals surface area (Å²) in [6, 6.07) is -1.46. The lowest BCUT2D eigenvalue weighted by Gasteiger charge is -2.12. The zero-order valence-electron chi connectivity index (χ0n) is 8.14.